The summed E-state index contributed by atoms with van der Waals surface area (Å²) in [5.74, 6) is -2.80. The Bertz CT molecular complexity index is 384. The van der Waals surface area contributed by atoms with Crippen LogP contribution in [0, 0.1) is 0 Å². The second-order valence-electron chi connectivity index (χ2n) is 4.88. The fraction of sp³-hybridized carbons (Fsp3) is 0.750. The van der Waals surface area contributed by atoms with Crippen LogP contribution < -0.4 is 5.73 Å². The molecule has 2 unspecified atom stereocenters. The van der Waals surface area contributed by atoms with Crippen LogP contribution in [0.2, 0.25) is 0 Å². The number of hydrogen-bond acceptors (Lipinski definition) is 4. The van der Waals surface area contributed by atoms with Gasteiger partial charge in [0, 0.05) is 6.54 Å². The normalized spacial score (nSPS) is 24.2. The fourth-order valence-electron chi connectivity index (χ4n) is 2.68. The largest absolute Gasteiger partial charge is 0.481 e. The maximum absolute atomic E-state index is 12.1. The molecular formula is C12H20N2O5. The van der Waals surface area contributed by atoms with Crippen LogP contribution in [0.15, 0.2) is 0 Å². The van der Waals surface area contributed by atoms with Gasteiger partial charge >= 0.3 is 11.9 Å². The smallest absolute Gasteiger partial charge is 0.329 e. The zero-order valence-corrected chi connectivity index (χ0v) is 11.0. The number of nitrogens with zero attached hydrogens (tertiary/aromatic N) is 1. The fourth-order valence-corrected chi connectivity index (χ4v) is 2.68. The average molecular weight is 272 g/mol. The molecule has 1 aliphatic heterocycles. The molecule has 1 saturated heterocycles. The van der Waals surface area contributed by atoms with Crippen molar-refractivity contribution in [3.8, 4) is 0 Å². The molecule has 1 fully saturated rings. The topological polar surface area (TPSA) is 121 Å². The van der Waals surface area contributed by atoms with Gasteiger partial charge in [0.05, 0.1) is 12.5 Å². The first kappa shape index (κ1) is 15.4. The molecule has 7 heteroatoms. The van der Waals surface area contributed by atoms with Crippen LogP contribution in [0.4, 0.5) is 0 Å². The molecule has 2 atom stereocenters. The third-order valence-corrected chi connectivity index (χ3v) is 3.53. The Morgan fingerprint density at radius 2 is 2.00 bits per heavy atom. The van der Waals surface area contributed by atoms with Gasteiger partial charge in [0.25, 0.3) is 0 Å². The number of carbonyl (C=O) groups is 3. The van der Waals surface area contributed by atoms with Crippen molar-refractivity contribution in [1.82, 2.24) is 4.90 Å². The van der Waals surface area contributed by atoms with E-state index in [1.165, 1.54) is 4.90 Å². The van der Waals surface area contributed by atoms with Crippen LogP contribution in [0.25, 0.3) is 0 Å². The van der Waals surface area contributed by atoms with Gasteiger partial charge in [-0.25, -0.2) is 4.79 Å². The first-order valence-corrected chi connectivity index (χ1v) is 6.37. The third kappa shape index (κ3) is 3.04. The molecule has 7 nitrogen and oxygen atoms in total. The lowest BCUT2D eigenvalue weighted by atomic mass is 9.90. The van der Waals surface area contributed by atoms with Crippen molar-refractivity contribution in [2.45, 2.75) is 50.6 Å². The molecule has 0 aliphatic carbocycles. The molecule has 0 aromatic carbocycles. The molecule has 19 heavy (non-hydrogen) atoms. The van der Waals surface area contributed by atoms with Crippen molar-refractivity contribution in [3.63, 3.8) is 0 Å². The zero-order chi connectivity index (χ0) is 14.6. The summed E-state index contributed by atoms with van der Waals surface area (Å²) in [6.45, 7) is 2.17. The molecule has 108 valence electrons. The number of aliphatic carboxylic acids is 2. The van der Waals surface area contributed by atoms with Crippen molar-refractivity contribution in [2.75, 3.05) is 6.54 Å². The van der Waals surface area contributed by atoms with E-state index < -0.39 is 35.8 Å². The molecule has 1 rings (SSSR count). The van der Waals surface area contributed by atoms with Gasteiger partial charge in [-0.1, -0.05) is 13.3 Å². The molecular weight excluding hydrogens is 252 g/mol. The highest BCUT2D eigenvalue weighted by Crippen LogP contribution is 2.34. The van der Waals surface area contributed by atoms with Gasteiger partial charge in [-0.05, 0) is 19.3 Å². The number of nitrogens with two attached hydrogens (primary N) is 1. The Morgan fingerprint density at radius 3 is 2.47 bits per heavy atom. The van der Waals surface area contributed by atoms with E-state index in [-0.39, 0.29) is 0 Å². The standard InChI is InChI=1S/C12H20N2O5/c1-2-4-12(11(18)19)5-3-6-14(12)10(17)8(13)7-9(15)16/h8H,2-7,13H2,1H3,(H,15,16)(H,18,19). The minimum atomic E-state index is -1.22. The molecule has 4 N–H and O–H groups in total. The predicted molar refractivity (Wildman–Crippen MR) is 66.5 cm³/mol. The molecule has 1 aliphatic rings. The van der Waals surface area contributed by atoms with E-state index in [9.17, 15) is 19.5 Å². The van der Waals surface area contributed by atoms with Gasteiger partial charge in [-0.15, -0.1) is 0 Å². The molecule has 0 saturated carbocycles. The highest BCUT2D eigenvalue weighted by molar-refractivity contribution is 5.92. The van der Waals surface area contributed by atoms with Crippen LogP contribution in [-0.2, 0) is 14.4 Å². The highest BCUT2D eigenvalue weighted by atomic mass is 16.4. The minimum absolute atomic E-state index is 0.318. The van der Waals surface area contributed by atoms with Crippen molar-refractivity contribution in [3.05, 3.63) is 0 Å². The lowest BCUT2D eigenvalue weighted by Gasteiger charge is -2.36. The second-order valence-corrected chi connectivity index (χ2v) is 4.88. The Labute approximate surface area is 111 Å². The number of rotatable bonds is 6. The number of carboxylic acids is 2. The second kappa shape index (κ2) is 6.01. The van der Waals surface area contributed by atoms with Crippen LogP contribution in [0.5, 0.6) is 0 Å². The first-order chi connectivity index (χ1) is 8.85. The summed E-state index contributed by atoms with van der Waals surface area (Å²) in [5, 5.41) is 18.1. The van der Waals surface area contributed by atoms with Gasteiger partial charge in [0.15, 0.2) is 0 Å². The maximum atomic E-state index is 12.1. The molecule has 1 amide bonds. The van der Waals surface area contributed by atoms with Gasteiger partial charge in [-0.3, -0.25) is 9.59 Å². The van der Waals surface area contributed by atoms with E-state index in [4.69, 9.17) is 10.8 Å². The van der Waals surface area contributed by atoms with Crippen molar-refractivity contribution < 1.29 is 24.6 Å². The SMILES string of the molecule is CCCC1(C(=O)O)CCCN1C(=O)C(N)CC(=O)O. The van der Waals surface area contributed by atoms with Crippen LogP contribution in [-0.4, -0.2) is 51.1 Å². The van der Waals surface area contributed by atoms with Gasteiger partial charge in [-0.2, -0.15) is 0 Å². The summed E-state index contributed by atoms with van der Waals surface area (Å²) >= 11 is 0. The molecule has 0 radical (unpaired) electrons. The Kier molecular flexibility index (Phi) is 4.88. The summed E-state index contributed by atoms with van der Waals surface area (Å²) in [7, 11) is 0. The van der Waals surface area contributed by atoms with Crippen LogP contribution in [0.1, 0.15) is 39.0 Å². The summed E-state index contributed by atoms with van der Waals surface area (Å²) in [5.41, 5.74) is 4.33. The molecule has 0 aromatic rings. The minimum Gasteiger partial charge on any atom is -0.481 e. The van der Waals surface area contributed by atoms with E-state index in [1.807, 2.05) is 6.92 Å². The average Bonchev–Trinajstić information content (AvgIpc) is 2.72. The number of hydrogen-bond donors (Lipinski definition) is 3. The predicted octanol–water partition coefficient (Wildman–Crippen LogP) is 0.0343. The number of amides is 1. The maximum Gasteiger partial charge on any atom is 0.329 e. The van der Waals surface area contributed by atoms with Crippen molar-refractivity contribution in [1.29, 1.82) is 0 Å². The van der Waals surface area contributed by atoms with E-state index in [1.54, 1.807) is 0 Å². The van der Waals surface area contributed by atoms with Crippen molar-refractivity contribution in [2.24, 2.45) is 5.73 Å². The number of carbonyl (C=O) groups excluding carboxylic acids is 1. The van der Waals surface area contributed by atoms with E-state index >= 15 is 0 Å². The Hall–Kier alpha value is -1.63. The van der Waals surface area contributed by atoms with E-state index in [0.29, 0.717) is 32.2 Å². The Morgan fingerprint density at radius 1 is 1.37 bits per heavy atom. The number of carboxylic acid groups (broad SMARTS) is 2. The highest BCUT2D eigenvalue weighted by Gasteiger charge is 2.50. The van der Waals surface area contributed by atoms with Gasteiger partial charge < -0.3 is 20.8 Å². The molecule has 0 aromatic heterocycles. The summed E-state index contributed by atoms with van der Waals surface area (Å²) in [4.78, 5) is 35.5. The monoisotopic (exact) mass is 272 g/mol. The van der Waals surface area contributed by atoms with E-state index in [0.717, 1.165) is 0 Å². The quantitative estimate of drug-likeness (QED) is 0.627. The summed E-state index contributed by atoms with van der Waals surface area (Å²) in [6.07, 6.45) is 1.48. The lowest BCUT2D eigenvalue weighted by molar-refractivity contribution is -0.158. The molecule has 1 heterocycles. The van der Waals surface area contributed by atoms with Gasteiger partial charge in [0.2, 0.25) is 5.91 Å². The van der Waals surface area contributed by atoms with E-state index in [2.05, 4.69) is 0 Å². The third-order valence-electron chi connectivity index (χ3n) is 3.53. The number of likely N-dealkylation sites (tertiary alicyclic amines) is 1. The van der Waals surface area contributed by atoms with Crippen molar-refractivity contribution >= 4 is 17.8 Å². The molecule has 0 spiro atoms. The summed E-state index contributed by atoms with van der Waals surface area (Å²) in [6, 6.07) is -1.19. The summed E-state index contributed by atoms with van der Waals surface area (Å²) < 4.78 is 0. The Balaban J connectivity index is 2.93. The lowest BCUT2D eigenvalue weighted by Crippen LogP contribution is -2.57. The van der Waals surface area contributed by atoms with Crippen LogP contribution in [0.3, 0.4) is 0 Å². The zero-order valence-electron chi connectivity index (χ0n) is 11.0. The van der Waals surface area contributed by atoms with Crippen LogP contribution >= 0.6 is 0 Å². The molecule has 0 bridgehead atoms. The first-order valence-electron chi connectivity index (χ1n) is 6.37. The van der Waals surface area contributed by atoms with Gasteiger partial charge in [0.1, 0.15) is 5.54 Å².